The molecule has 0 fully saturated rings. The number of nitrogens with two attached hydrogens (primary N) is 1. The molecule has 2 unspecified atom stereocenters. The average Bonchev–Trinajstić information content (AvgIpc) is 2.32. The van der Waals surface area contributed by atoms with Crippen LogP contribution >= 0.6 is 11.6 Å². The quantitative estimate of drug-likeness (QED) is 0.847. The molecule has 20 heavy (non-hydrogen) atoms. The van der Waals surface area contributed by atoms with Crippen molar-refractivity contribution in [3.05, 3.63) is 28.8 Å². The molecule has 112 valence electrons. The van der Waals surface area contributed by atoms with Gasteiger partial charge in [0.2, 0.25) is 5.91 Å². The predicted octanol–water partition coefficient (Wildman–Crippen LogP) is 2.67. The van der Waals surface area contributed by atoms with Crippen LogP contribution in [0.25, 0.3) is 0 Å². The van der Waals surface area contributed by atoms with E-state index in [0.717, 1.165) is 12.0 Å². The first-order chi connectivity index (χ1) is 9.26. The van der Waals surface area contributed by atoms with Crippen molar-refractivity contribution in [1.29, 1.82) is 0 Å². The summed E-state index contributed by atoms with van der Waals surface area (Å²) in [6.07, 6.45) is 3.05. The number of benzene rings is 1. The molecule has 6 heteroatoms. The van der Waals surface area contributed by atoms with E-state index < -0.39 is 16.3 Å². The number of hydrogen-bond acceptors (Lipinski definition) is 3. The Balaban J connectivity index is 2.88. The molecule has 1 aromatic carbocycles. The zero-order valence-electron chi connectivity index (χ0n) is 12.0. The molecule has 1 rings (SSSR count). The summed E-state index contributed by atoms with van der Waals surface area (Å²) in [5.41, 5.74) is 6.45. The Bertz CT molecular complexity index is 518. The maximum absolute atomic E-state index is 12.1. The topological polar surface area (TPSA) is 72.2 Å². The van der Waals surface area contributed by atoms with Gasteiger partial charge in [-0.25, -0.2) is 0 Å². The van der Waals surface area contributed by atoms with E-state index >= 15 is 0 Å². The van der Waals surface area contributed by atoms with Crippen LogP contribution in [0.1, 0.15) is 32.3 Å². The largest absolute Gasteiger partial charge is 0.324 e. The molecule has 4 nitrogen and oxygen atoms in total. The molecule has 0 saturated carbocycles. The maximum atomic E-state index is 12.1. The summed E-state index contributed by atoms with van der Waals surface area (Å²) in [6, 6.07) is 5.14. The van der Waals surface area contributed by atoms with Crippen molar-refractivity contribution in [2.24, 2.45) is 5.73 Å². The first-order valence-electron chi connectivity index (χ1n) is 6.45. The van der Waals surface area contributed by atoms with Gasteiger partial charge in [-0.05, 0) is 37.1 Å². The van der Waals surface area contributed by atoms with E-state index in [1.54, 1.807) is 31.4 Å². The predicted molar refractivity (Wildman–Crippen MR) is 85.4 cm³/mol. The van der Waals surface area contributed by atoms with E-state index in [1.165, 1.54) is 0 Å². The number of carbonyl (C=O) groups is 1. The Morgan fingerprint density at radius 1 is 1.50 bits per heavy atom. The van der Waals surface area contributed by atoms with Crippen molar-refractivity contribution in [1.82, 2.24) is 0 Å². The van der Waals surface area contributed by atoms with E-state index in [1.807, 2.05) is 6.92 Å². The molecule has 0 bridgehead atoms. The second-order valence-corrected chi connectivity index (χ2v) is 6.99. The van der Waals surface area contributed by atoms with Crippen molar-refractivity contribution in [3.8, 4) is 0 Å². The molecule has 0 aliphatic heterocycles. The summed E-state index contributed by atoms with van der Waals surface area (Å²) in [7, 11) is -0.990. The van der Waals surface area contributed by atoms with Crippen LogP contribution in [0, 0.1) is 0 Å². The highest BCUT2D eigenvalue weighted by Crippen LogP contribution is 2.23. The van der Waals surface area contributed by atoms with Crippen LogP contribution in [0.3, 0.4) is 0 Å². The molecular weight excluding hydrogens is 296 g/mol. The normalized spacial score (nSPS) is 15.4. The summed E-state index contributed by atoms with van der Waals surface area (Å²) in [4.78, 5) is 12.1. The maximum Gasteiger partial charge on any atom is 0.244 e. The monoisotopic (exact) mass is 316 g/mol. The van der Waals surface area contributed by atoms with Gasteiger partial charge in [0.1, 0.15) is 0 Å². The van der Waals surface area contributed by atoms with Gasteiger partial charge < -0.3 is 11.1 Å². The molecule has 1 aromatic rings. The summed E-state index contributed by atoms with van der Waals surface area (Å²) in [5, 5.41) is 3.33. The number of rotatable bonds is 6. The van der Waals surface area contributed by atoms with Gasteiger partial charge in [-0.2, -0.15) is 0 Å². The lowest BCUT2D eigenvalue weighted by Gasteiger charge is -2.23. The van der Waals surface area contributed by atoms with E-state index in [9.17, 15) is 9.00 Å². The fraction of sp³-hybridized carbons (Fsp3) is 0.500. The molecule has 0 radical (unpaired) electrons. The zero-order chi connectivity index (χ0) is 15.3. The van der Waals surface area contributed by atoms with Crippen LogP contribution in [-0.2, 0) is 21.3 Å². The smallest absolute Gasteiger partial charge is 0.244 e. The van der Waals surface area contributed by atoms with Crippen molar-refractivity contribution in [2.45, 2.75) is 38.0 Å². The Morgan fingerprint density at radius 3 is 2.70 bits per heavy atom. The Kier molecular flexibility index (Phi) is 6.17. The molecule has 0 aliphatic carbocycles. The highest BCUT2D eigenvalue weighted by molar-refractivity contribution is 7.83. The summed E-state index contributed by atoms with van der Waals surface area (Å²) in [5.74, 6) is 0.127. The molecule has 0 aromatic heterocycles. The van der Waals surface area contributed by atoms with Crippen LogP contribution in [-0.4, -0.2) is 21.9 Å². The number of carbonyl (C=O) groups excluding carboxylic acids is 1. The van der Waals surface area contributed by atoms with Crippen molar-refractivity contribution in [2.75, 3.05) is 11.6 Å². The molecule has 0 spiro atoms. The third kappa shape index (κ3) is 4.89. The van der Waals surface area contributed by atoms with Crippen molar-refractivity contribution in [3.63, 3.8) is 0 Å². The van der Waals surface area contributed by atoms with Crippen LogP contribution < -0.4 is 11.1 Å². The lowest BCUT2D eigenvalue weighted by Crippen LogP contribution is -2.48. The molecular formula is C14H21ClN2O2S. The zero-order valence-corrected chi connectivity index (χ0v) is 13.6. The van der Waals surface area contributed by atoms with Gasteiger partial charge in [0.05, 0.1) is 5.54 Å². The minimum atomic E-state index is -0.990. The first-order valence-corrected chi connectivity index (χ1v) is 8.55. The SMILES string of the molecule is CCCC(C)(N)C(=O)Nc1ccc(Cl)c(CS(C)=O)c1. The van der Waals surface area contributed by atoms with E-state index in [-0.39, 0.29) is 5.91 Å². The summed E-state index contributed by atoms with van der Waals surface area (Å²) in [6.45, 7) is 3.69. The van der Waals surface area contributed by atoms with Gasteiger partial charge in [0.15, 0.2) is 0 Å². The standard InChI is InChI=1S/C14H21ClN2O2S/c1-4-7-14(2,16)13(18)17-11-5-6-12(15)10(8-11)9-20(3)19/h5-6,8H,4,7,9,16H2,1-3H3,(H,17,18). The molecule has 0 heterocycles. The van der Waals surface area contributed by atoms with Gasteiger partial charge in [0, 0.05) is 33.5 Å². The minimum Gasteiger partial charge on any atom is -0.324 e. The Labute approximate surface area is 127 Å². The third-order valence-electron chi connectivity index (χ3n) is 2.95. The molecule has 1 amide bonds. The van der Waals surface area contributed by atoms with Crippen LogP contribution in [0.15, 0.2) is 18.2 Å². The van der Waals surface area contributed by atoms with Crippen LogP contribution in [0.5, 0.6) is 0 Å². The average molecular weight is 317 g/mol. The minimum absolute atomic E-state index is 0.231. The Hall–Kier alpha value is -0.910. The molecule has 0 saturated heterocycles. The molecule has 2 atom stereocenters. The van der Waals surface area contributed by atoms with Gasteiger partial charge in [-0.3, -0.25) is 9.00 Å². The number of amides is 1. The van der Waals surface area contributed by atoms with Gasteiger partial charge in [0.25, 0.3) is 0 Å². The Morgan fingerprint density at radius 2 is 2.15 bits per heavy atom. The van der Waals surface area contributed by atoms with Gasteiger partial charge in [-0.1, -0.05) is 24.9 Å². The second-order valence-electron chi connectivity index (χ2n) is 5.15. The highest BCUT2D eigenvalue weighted by Gasteiger charge is 2.27. The second kappa shape index (κ2) is 7.20. The van der Waals surface area contributed by atoms with Crippen LogP contribution in [0.4, 0.5) is 5.69 Å². The highest BCUT2D eigenvalue weighted by atomic mass is 35.5. The lowest BCUT2D eigenvalue weighted by atomic mass is 9.96. The third-order valence-corrected chi connectivity index (χ3v) is 4.04. The number of hydrogen-bond donors (Lipinski definition) is 2. The van der Waals surface area contributed by atoms with Crippen LogP contribution in [0.2, 0.25) is 5.02 Å². The number of anilines is 1. The number of halogens is 1. The van der Waals surface area contributed by atoms with E-state index in [4.69, 9.17) is 17.3 Å². The summed E-state index contributed by atoms with van der Waals surface area (Å²) >= 11 is 6.04. The van der Waals surface area contributed by atoms with Crippen molar-refractivity contribution >= 4 is 34.0 Å². The summed E-state index contributed by atoms with van der Waals surface area (Å²) < 4.78 is 11.3. The van der Waals surface area contributed by atoms with E-state index in [2.05, 4.69) is 5.32 Å². The van der Waals surface area contributed by atoms with E-state index in [0.29, 0.717) is 22.9 Å². The molecule has 0 aliphatic rings. The van der Waals surface area contributed by atoms with Gasteiger partial charge in [-0.15, -0.1) is 0 Å². The van der Waals surface area contributed by atoms with Crippen molar-refractivity contribution < 1.29 is 9.00 Å². The fourth-order valence-electron chi connectivity index (χ4n) is 1.89. The van der Waals surface area contributed by atoms with Gasteiger partial charge >= 0.3 is 0 Å². The first kappa shape index (κ1) is 17.1. The fourth-order valence-corrected chi connectivity index (χ4v) is 2.83. The lowest BCUT2D eigenvalue weighted by molar-refractivity contribution is -0.120. The molecule has 3 N–H and O–H groups in total. The number of nitrogens with one attached hydrogen (secondary N) is 1.